The molecule has 0 saturated heterocycles. The van der Waals surface area contributed by atoms with Gasteiger partial charge in [-0.15, -0.1) is 0 Å². The summed E-state index contributed by atoms with van der Waals surface area (Å²) < 4.78 is 33.2. The van der Waals surface area contributed by atoms with Crippen LogP contribution in [0.4, 0.5) is 0 Å². The summed E-state index contributed by atoms with van der Waals surface area (Å²) >= 11 is 0. The van der Waals surface area contributed by atoms with Crippen LogP contribution in [0.2, 0.25) is 0 Å². The third-order valence-corrected chi connectivity index (χ3v) is 10.9. The van der Waals surface area contributed by atoms with Gasteiger partial charge in [0.1, 0.15) is 6.61 Å². The molecule has 0 amide bonds. The number of carbonyl (C=O) groups is 2. The maximum absolute atomic E-state index is 12.6. The number of carbonyl (C=O) groups excluding carboxylic acids is 2. The molecule has 0 aromatic rings. The maximum Gasteiger partial charge on any atom is 0.472 e. The van der Waals surface area contributed by atoms with Crippen molar-refractivity contribution >= 4 is 19.8 Å². The number of rotatable bonds is 43. The van der Waals surface area contributed by atoms with Crippen LogP contribution in [0.1, 0.15) is 219 Å². The lowest BCUT2D eigenvalue weighted by atomic mass is 10.0. The number of phosphoric ester groups is 1. The Bertz CT molecular complexity index is 902. The number of likely N-dealkylation sites (N-methyl/N-ethyl adjacent to an activating group) is 1. The SMILES string of the molecule is CCCC/C=C\CCCCCCCC(=O)OC(COC(=O)CCCCCCCCCCCCCCCCCCCCCCC)COP(=O)(O)OCCNC. The van der Waals surface area contributed by atoms with E-state index in [0.29, 0.717) is 19.4 Å². The highest BCUT2D eigenvalue weighted by Crippen LogP contribution is 2.43. The van der Waals surface area contributed by atoms with Crippen molar-refractivity contribution in [1.29, 1.82) is 0 Å². The van der Waals surface area contributed by atoms with E-state index in [4.69, 9.17) is 18.5 Å². The van der Waals surface area contributed by atoms with E-state index in [2.05, 4.69) is 31.3 Å². The van der Waals surface area contributed by atoms with Gasteiger partial charge in [0.25, 0.3) is 0 Å². The smallest absolute Gasteiger partial charge is 0.462 e. The highest BCUT2D eigenvalue weighted by atomic mass is 31.2. The zero-order chi connectivity index (χ0) is 39.6. The molecule has 0 heterocycles. The van der Waals surface area contributed by atoms with Crippen molar-refractivity contribution in [3.8, 4) is 0 Å². The van der Waals surface area contributed by atoms with Crippen molar-refractivity contribution in [2.45, 2.75) is 225 Å². The van der Waals surface area contributed by atoms with Crippen molar-refractivity contribution < 1.29 is 37.6 Å². The number of hydrogen-bond acceptors (Lipinski definition) is 8. The van der Waals surface area contributed by atoms with E-state index in [-0.39, 0.29) is 25.6 Å². The zero-order valence-electron chi connectivity index (χ0n) is 35.4. The monoisotopic (exact) mass is 788 g/mol. The largest absolute Gasteiger partial charge is 0.472 e. The van der Waals surface area contributed by atoms with Crippen molar-refractivity contribution in [2.75, 3.05) is 33.4 Å². The minimum absolute atomic E-state index is 0.0155. The third-order valence-electron chi connectivity index (χ3n) is 9.89. The first kappa shape index (κ1) is 52.8. The number of nitrogens with one attached hydrogen (secondary N) is 1. The van der Waals surface area contributed by atoms with Crippen LogP contribution in [0, 0.1) is 0 Å². The minimum atomic E-state index is -4.34. The van der Waals surface area contributed by atoms with Gasteiger partial charge >= 0.3 is 19.8 Å². The zero-order valence-corrected chi connectivity index (χ0v) is 36.3. The van der Waals surface area contributed by atoms with Gasteiger partial charge in [-0.1, -0.05) is 187 Å². The normalized spacial score (nSPS) is 13.3. The molecule has 54 heavy (non-hydrogen) atoms. The Labute approximate surface area is 332 Å². The van der Waals surface area contributed by atoms with Crippen LogP contribution < -0.4 is 5.32 Å². The minimum Gasteiger partial charge on any atom is -0.462 e. The molecule has 0 aliphatic rings. The molecular formula is C44H86NO8P. The van der Waals surface area contributed by atoms with Crippen LogP contribution in [-0.2, 0) is 32.7 Å². The Morgan fingerprint density at radius 3 is 1.43 bits per heavy atom. The summed E-state index contributed by atoms with van der Waals surface area (Å²) in [5, 5.41) is 2.82. The average molecular weight is 788 g/mol. The Kier molecular flexibility index (Phi) is 40.4. The molecule has 0 aromatic heterocycles. The standard InChI is InChI=1S/C44H86NO8P/c1-4-6-8-10-12-14-16-17-18-19-20-21-22-23-24-25-27-28-30-32-34-36-43(46)50-40-42(41-52-54(48,49)51-39-38-45-3)53-44(47)37-35-33-31-29-26-15-13-11-9-7-5-2/h11,13,42,45H,4-10,12,14-41H2,1-3H3,(H,48,49)/b13-11-. The molecule has 0 aromatic carbocycles. The van der Waals surface area contributed by atoms with Crippen LogP contribution >= 0.6 is 7.82 Å². The first-order valence-electron chi connectivity index (χ1n) is 22.6. The third kappa shape index (κ3) is 40.4. The molecule has 0 radical (unpaired) electrons. The second-order valence-corrected chi connectivity index (χ2v) is 16.7. The number of ether oxygens (including phenoxy) is 2. The fourth-order valence-corrected chi connectivity index (χ4v) is 7.17. The van der Waals surface area contributed by atoms with Crippen molar-refractivity contribution in [1.82, 2.24) is 5.32 Å². The number of esters is 2. The topological polar surface area (TPSA) is 120 Å². The van der Waals surface area contributed by atoms with Gasteiger partial charge in [-0.2, -0.15) is 0 Å². The van der Waals surface area contributed by atoms with E-state index in [1.165, 1.54) is 128 Å². The number of hydrogen-bond donors (Lipinski definition) is 2. The van der Waals surface area contributed by atoms with E-state index in [9.17, 15) is 19.0 Å². The summed E-state index contributed by atoms with van der Waals surface area (Å²) in [4.78, 5) is 35.0. The van der Waals surface area contributed by atoms with Crippen molar-refractivity contribution in [3.05, 3.63) is 12.2 Å². The molecule has 2 unspecified atom stereocenters. The molecule has 0 rings (SSSR count). The van der Waals surface area contributed by atoms with Crippen molar-refractivity contribution in [2.24, 2.45) is 0 Å². The predicted molar refractivity (Wildman–Crippen MR) is 225 cm³/mol. The first-order valence-corrected chi connectivity index (χ1v) is 24.1. The van der Waals surface area contributed by atoms with E-state index in [1.807, 2.05) is 0 Å². The Balaban J connectivity index is 4.06. The summed E-state index contributed by atoms with van der Waals surface area (Å²) in [6.45, 7) is 4.20. The molecule has 0 aliphatic carbocycles. The first-order chi connectivity index (χ1) is 26.3. The molecule has 10 heteroatoms. The Hall–Kier alpha value is -1.25. The molecule has 0 bridgehead atoms. The molecule has 0 aliphatic heterocycles. The molecule has 2 atom stereocenters. The van der Waals surface area contributed by atoms with Crippen molar-refractivity contribution in [3.63, 3.8) is 0 Å². The molecule has 0 saturated carbocycles. The summed E-state index contributed by atoms with van der Waals surface area (Å²) in [5.41, 5.74) is 0. The molecule has 2 N–H and O–H groups in total. The number of phosphoric acid groups is 1. The van der Waals surface area contributed by atoms with E-state index >= 15 is 0 Å². The van der Waals surface area contributed by atoms with Crippen LogP contribution in [0.3, 0.4) is 0 Å². The van der Waals surface area contributed by atoms with Crippen LogP contribution in [0.25, 0.3) is 0 Å². The summed E-state index contributed by atoms with van der Waals surface area (Å²) in [6.07, 6.45) is 41.2. The number of unbranched alkanes of at least 4 members (excludes halogenated alkanes) is 27. The molecule has 320 valence electrons. The highest BCUT2D eigenvalue weighted by Gasteiger charge is 2.26. The number of allylic oxidation sites excluding steroid dienone is 2. The molecule has 0 spiro atoms. The van der Waals surface area contributed by atoms with Crippen LogP contribution in [-0.4, -0.2) is 56.3 Å². The Morgan fingerprint density at radius 1 is 0.556 bits per heavy atom. The average Bonchev–Trinajstić information content (AvgIpc) is 3.15. The Morgan fingerprint density at radius 2 is 0.963 bits per heavy atom. The lowest BCUT2D eigenvalue weighted by Crippen LogP contribution is -2.29. The summed E-state index contributed by atoms with van der Waals surface area (Å²) in [5.74, 6) is -0.807. The molecule has 0 fully saturated rings. The maximum atomic E-state index is 12.6. The lowest BCUT2D eigenvalue weighted by Gasteiger charge is -2.20. The second-order valence-electron chi connectivity index (χ2n) is 15.2. The fourth-order valence-electron chi connectivity index (χ4n) is 6.42. The van der Waals surface area contributed by atoms with Gasteiger partial charge in [-0.05, 0) is 39.2 Å². The van der Waals surface area contributed by atoms with E-state index in [0.717, 1.165) is 57.8 Å². The summed E-state index contributed by atoms with van der Waals surface area (Å²) in [6, 6.07) is 0. The second kappa shape index (κ2) is 41.4. The molecular weight excluding hydrogens is 701 g/mol. The van der Waals surface area contributed by atoms with Gasteiger partial charge in [0.15, 0.2) is 6.10 Å². The van der Waals surface area contributed by atoms with Gasteiger partial charge in [0.05, 0.1) is 13.2 Å². The van der Waals surface area contributed by atoms with Gasteiger partial charge < -0.3 is 19.7 Å². The highest BCUT2D eigenvalue weighted by molar-refractivity contribution is 7.47. The van der Waals surface area contributed by atoms with Crippen LogP contribution in [0.15, 0.2) is 12.2 Å². The van der Waals surface area contributed by atoms with E-state index < -0.39 is 26.5 Å². The molecule has 9 nitrogen and oxygen atoms in total. The lowest BCUT2D eigenvalue weighted by molar-refractivity contribution is -0.161. The van der Waals surface area contributed by atoms with Crippen LogP contribution in [0.5, 0.6) is 0 Å². The fraction of sp³-hybridized carbons (Fsp3) is 0.909. The van der Waals surface area contributed by atoms with Gasteiger partial charge in [-0.3, -0.25) is 18.6 Å². The van der Waals surface area contributed by atoms with E-state index in [1.54, 1.807) is 7.05 Å². The predicted octanol–water partition coefficient (Wildman–Crippen LogP) is 12.9. The van der Waals surface area contributed by atoms with Gasteiger partial charge in [0, 0.05) is 19.4 Å². The van der Waals surface area contributed by atoms with Gasteiger partial charge in [0.2, 0.25) is 0 Å². The quantitative estimate of drug-likeness (QED) is 0.0269. The summed E-state index contributed by atoms with van der Waals surface area (Å²) in [7, 11) is -2.64. The van der Waals surface area contributed by atoms with Gasteiger partial charge in [-0.25, -0.2) is 4.57 Å².